The largest absolute Gasteiger partial charge is 0.401 e. The molecule has 0 aromatic rings. The first kappa shape index (κ1) is 26.2. The summed E-state index contributed by atoms with van der Waals surface area (Å²) < 4.78 is 37.5. The van der Waals surface area contributed by atoms with Crippen LogP contribution in [-0.2, 0) is 4.79 Å². The summed E-state index contributed by atoms with van der Waals surface area (Å²) in [5.41, 5.74) is 0. The van der Waals surface area contributed by atoms with Gasteiger partial charge in [-0.1, -0.05) is 0 Å². The molecule has 7 nitrogen and oxygen atoms in total. The topological polar surface area (TPSA) is 63.2 Å². The monoisotopic (exact) mass is 534 g/mol. The number of alkyl halides is 3. The predicted molar refractivity (Wildman–Crippen MR) is 119 cm³/mol. The first-order valence-electron chi connectivity index (χ1n) is 9.91. The summed E-state index contributed by atoms with van der Waals surface area (Å²) in [6.07, 6.45) is -0.682. The highest BCUT2D eigenvalue weighted by Crippen LogP contribution is 2.20. The van der Waals surface area contributed by atoms with Crippen LogP contribution in [0.1, 0.15) is 25.7 Å². The Morgan fingerprint density at radius 3 is 2.59 bits per heavy atom. The second-order valence-electron chi connectivity index (χ2n) is 7.76. The maximum absolute atomic E-state index is 12.5. The highest BCUT2D eigenvalue weighted by atomic mass is 127. The molecule has 0 spiro atoms. The third-order valence-corrected chi connectivity index (χ3v) is 5.24. The number of nitrogens with one attached hydrogen (secondary N) is 2. The molecule has 170 valence electrons. The van der Waals surface area contributed by atoms with Crippen LogP contribution in [0, 0.1) is 0 Å². The summed E-state index contributed by atoms with van der Waals surface area (Å²) in [5.74, 6) is 0.772. The van der Waals surface area contributed by atoms with Crippen molar-refractivity contribution in [2.45, 2.75) is 43.9 Å². The molecule has 2 N–H and O–H groups in total. The number of hydrogen-bond donors (Lipinski definition) is 2. The predicted octanol–water partition coefficient (Wildman–Crippen LogP) is 1.35. The Morgan fingerprint density at radius 2 is 1.97 bits per heavy atom. The lowest BCUT2D eigenvalue weighted by Crippen LogP contribution is -2.46. The van der Waals surface area contributed by atoms with Crippen molar-refractivity contribution in [3.8, 4) is 0 Å². The third-order valence-electron chi connectivity index (χ3n) is 5.24. The lowest BCUT2D eigenvalue weighted by molar-refractivity contribution is -0.143. The van der Waals surface area contributed by atoms with Crippen LogP contribution in [0.4, 0.5) is 13.2 Å². The van der Waals surface area contributed by atoms with Crippen LogP contribution in [0.25, 0.3) is 0 Å². The SMILES string of the molecule is CN=C(NCCCN1CCCC1C(=O)N(C)C)NC1CCN(CC(F)(F)F)C1.I. The Labute approximate surface area is 188 Å². The lowest BCUT2D eigenvalue weighted by Gasteiger charge is -2.26. The summed E-state index contributed by atoms with van der Waals surface area (Å²) >= 11 is 0. The molecule has 0 aliphatic carbocycles. The number of nitrogens with zero attached hydrogens (tertiary/aromatic N) is 4. The van der Waals surface area contributed by atoms with Crippen molar-refractivity contribution in [2.24, 2.45) is 4.99 Å². The second kappa shape index (κ2) is 12.1. The number of carbonyl (C=O) groups excluding carboxylic acids is 1. The Kier molecular flexibility index (Phi) is 11.0. The van der Waals surface area contributed by atoms with Crippen LogP contribution in [0.2, 0.25) is 0 Å². The van der Waals surface area contributed by atoms with E-state index >= 15 is 0 Å². The summed E-state index contributed by atoms with van der Waals surface area (Å²) in [6.45, 7) is 2.40. The molecular weight excluding hydrogens is 500 g/mol. The van der Waals surface area contributed by atoms with Gasteiger partial charge in [0.15, 0.2) is 5.96 Å². The number of carbonyl (C=O) groups is 1. The first-order valence-corrected chi connectivity index (χ1v) is 9.91. The van der Waals surface area contributed by atoms with Gasteiger partial charge < -0.3 is 15.5 Å². The van der Waals surface area contributed by atoms with Gasteiger partial charge in [-0.3, -0.25) is 19.6 Å². The molecule has 2 fully saturated rings. The van der Waals surface area contributed by atoms with Crippen molar-refractivity contribution in [1.29, 1.82) is 0 Å². The second-order valence-corrected chi connectivity index (χ2v) is 7.76. The third kappa shape index (κ3) is 8.83. The van der Waals surface area contributed by atoms with Gasteiger partial charge in [-0.15, -0.1) is 24.0 Å². The fourth-order valence-electron chi connectivity index (χ4n) is 3.90. The van der Waals surface area contributed by atoms with Crippen LogP contribution in [0.3, 0.4) is 0 Å². The van der Waals surface area contributed by atoms with Gasteiger partial charge in [0.2, 0.25) is 5.91 Å². The summed E-state index contributed by atoms with van der Waals surface area (Å²) in [4.78, 5) is 21.7. The molecule has 1 amide bonds. The number of amides is 1. The van der Waals surface area contributed by atoms with E-state index in [-0.39, 0.29) is 42.0 Å². The summed E-state index contributed by atoms with van der Waals surface area (Å²) in [6, 6.07) is -0.0558. The van der Waals surface area contributed by atoms with E-state index in [2.05, 4.69) is 20.5 Å². The highest BCUT2D eigenvalue weighted by molar-refractivity contribution is 14.0. The molecule has 0 aromatic heterocycles. The van der Waals surface area contributed by atoms with E-state index in [0.717, 1.165) is 32.4 Å². The normalized spacial score (nSPS) is 23.7. The number of likely N-dealkylation sites (N-methyl/N-ethyl adjacent to an activating group) is 1. The van der Waals surface area contributed by atoms with Crippen LogP contribution in [0.5, 0.6) is 0 Å². The maximum Gasteiger partial charge on any atom is 0.401 e. The molecule has 2 heterocycles. The average molecular weight is 534 g/mol. The van der Waals surface area contributed by atoms with Crippen molar-refractivity contribution in [3.63, 3.8) is 0 Å². The maximum atomic E-state index is 12.5. The molecule has 2 aliphatic heterocycles. The quantitative estimate of drug-likeness (QED) is 0.224. The minimum atomic E-state index is -4.16. The zero-order chi connectivity index (χ0) is 20.7. The molecule has 11 heteroatoms. The van der Waals surface area contributed by atoms with Crippen molar-refractivity contribution in [3.05, 3.63) is 0 Å². The molecule has 0 bridgehead atoms. The molecule has 2 atom stereocenters. The van der Waals surface area contributed by atoms with E-state index in [4.69, 9.17) is 0 Å². The molecule has 29 heavy (non-hydrogen) atoms. The van der Waals surface area contributed by atoms with E-state index in [0.29, 0.717) is 32.0 Å². The summed E-state index contributed by atoms with van der Waals surface area (Å²) in [7, 11) is 5.23. The van der Waals surface area contributed by atoms with Crippen LogP contribution in [-0.4, -0.2) is 105 Å². The molecule has 0 aromatic carbocycles. The molecule has 2 rings (SSSR count). The van der Waals surface area contributed by atoms with Crippen molar-refractivity contribution < 1.29 is 18.0 Å². The lowest BCUT2D eigenvalue weighted by atomic mass is 10.2. The van der Waals surface area contributed by atoms with E-state index in [9.17, 15) is 18.0 Å². The van der Waals surface area contributed by atoms with Crippen molar-refractivity contribution in [2.75, 3.05) is 60.4 Å². The molecule has 2 saturated heterocycles. The highest BCUT2D eigenvalue weighted by Gasteiger charge is 2.34. The van der Waals surface area contributed by atoms with Gasteiger partial charge in [0.25, 0.3) is 0 Å². The van der Waals surface area contributed by atoms with Gasteiger partial charge in [0, 0.05) is 53.4 Å². The van der Waals surface area contributed by atoms with E-state index in [1.165, 1.54) is 4.90 Å². The zero-order valence-electron chi connectivity index (χ0n) is 17.5. The van der Waals surface area contributed by atoms with Crippen molar-refractivity contribution >= 4 is 35.8 Å². The van der Waals surface area contributed by atoms with E-state index in [1.54, 1.807) is 26.0 Å². The number of aliphatic imine (C=N–C) groups is 1. The number of rotatable bonds is 7. The summed E-state index contributed by atoms with van der Waals surface area (Å²) in [5, 5.41) is 6.43. The number of guanidine groups is 1. The van der Waals surface area contributed by atoms with Gasteiger partial charge >= 0.3 is 6.18 Å². The Bertz CT molecular complexity index is 546. The molecule has 2 aliphatic rings. The van der Waals surface area contributed by atoms with Gasteiger partial charge in [0.05, 0.1) is 12.6 Å². The smallest absolute Gasteiger partial charge is 0.356 e. The zero-order valence-corrected chi connectivity index (χ0v) is 19.8. The molecule has 0 radical (unpaired) electrons. The molecule has 0 saturated carbocycles. The van der Waals surface area contributed by atoms with Gasteiger partial charge in [-0.2, -0.15) is 13.2 Å². The van der Waals surface area contributed by atoms with Gasteiger partial charge in [-0.05, 0) is 32.2 Å². The van der Waals surface area contributed by atoms with Gasteiger partial charge in [0.1, 0.15) is 0 Å². The van der Waals surface area contributed by atoms with Gasteiger partial charge in [-0.25, -0.2) is 0 Å². The first-order chi connectivity index (χ1) is 13.2. The van der Waals surface area contributed by atoms with Crippen molar-refractivity contribution in [1.82, 2.24) is 25.3 Å². The Hall–Kier alpha value is -0.820. The molecule has 2 unspecified atom stereocenters. The minimum absolute atomic E-state index is 0. The Morgan fingerprint density at radius 1 is 1.24 bits per heavy atom. The Balaban J connectivity index is 0.00000420. The van der Waals surface area contributed by atoms with Crippen LogP contribution >= 0.6 is 24.0 Å². The fraction of sp³-hybridized carbons (Fsp3) is 0.889. The van der Waals surface area contributed by atoms with E-state index in [1.807, 2.05) is 0 Å². The van der Waals surface area contributed by atoms with Crippen LogP contribution in [0.15, 0.2) is 4.99 Å². The molecular formula is C18H34F3IN6O. The number of hydrogen-bond acceptors (Lipinski definition) is 4. The standard InChI is InChI=1S/C18H33F3N6O.HI/c1-22-17(24-14-7-11-26(12-14)13-18(19,20)21)23-8-5-10-27-9-4-6-15(27)16(28)25(2)3;/h14-15H,4-13H2,1-3H3,(H2,22,23,24);1H. The fourth-order valence-corrected chi connectivity index (χ4v) is 3.90. The number of likely N-dealkylation sites (tertiary alicyclic amines) is 2. The van der Waals surface area contributed by atoms with Crippen LogP contribution < -0.4 is 10.6 Å². The van der Waals surface area contributed by atoms with E-state index < -0.39 is 12.7 Å². The number of halogens is 4. The average Bonchev–Trinajstić information content (AvgIpc) is 3.24. The minimum Gasteiger partial charge on any atom is -0.356 e.